The van der Waals surface area contributed by atoms with Crippen LogP contribution in [0.4, 0.5) is 5.69 Å². The highest BCUT2D eigenvalue weighted by atomic mass is 16.5. The Morgan fingerprint density at radius 2 is 1.86 bits per heavy atom. The molecule has 1 aromatic rings. The van der Waals surface area contributed by atoms with Crippen LogP contribution in [-0.2, 0) is 19.1 Å². The lowest BCUT2D eigenvalue weighted by Crippen LogP contribution is -2.67. The Kier molecular flexibility index (Phi) is 4.26. The Bertz CT molecular complexity index is 566. The minimum atomic E-state index is -0.953. The van der Waals surface area contributed by atoms with Crippen LogP contribution in [-0.4, -0.2) is 37.4 Å². The molecule has 1 aliphatic rings. The first-order valence-electron chi connectivity index (χ1n) is 6.65. The Hall–Kier alpha value is -2.37. The van der Waals surface area contributed by atoms with E-state index in [0.717, 1.165) is 0 Å². The maximum absolute atomic E-state index is 12.1. The summed E-state index contributed by atoms with van der Waals surface area (Å²) in [5, 5.41) is 0. The summed E-state index contributed by atoms with van der Waals surface area (Å²) in [6.07, 6.45) is 0. The van der Waals surface area contributed by atoms with Gasteiger partial charge in [-0.15, -0.1) is 0 Å². The van der Waals surface area contributed by atoms with Gasteiger partial charge in [-0.3, -0.25) is 14.5 Å². The molecule has 0 N–H and O–H groups in total. The number of ketones is 1. The molecule has 1 saturated heterocycles. The predicted octanol–water partition coefficient (Wildman–Crippen LogP) is 1.18. The number of anilines is 1. The third-order valence-electron chi connectivity index (χ3n) is 3.41. The molecule has 21 heavy (non-hydrogen) atoms. The Morgan fingerprint density at radius 1 is 1.24 bits per heavy atom. The molecule has 0 aliphatic carbocycles. The number of hydrogen-bond donors (Lipinski definition) is 0. The van der Waals surface area contributed by atoms with Crippen LogP contribution in [0.2, 0.25) is 0 Å². The summed E-state index contributed by atoms with van der Waals surface area (Å²) >= 11 is 0. The fourth-order valence-electron chi connectivity index (χ4n) is 2.38. The number of esters is 1. The van der Waals surface area contributed by atoms with Crippen molar-refractivity contribution in [3.05, 3.63) is 24.3 Å². The number of Topliss-reactive ketones (excluding diaryl/α,β-unsaturated/α-hetero) is 1. The average Bonchev–Trinajstić information content (AvgIpc) is 2.45. The molecule has 2 atom stereocenters. The van der Waals surface area contributed by atoms with Gasteiger partial charge in [0.1, 0.15) is 17.5 Å². The van der Waals surface area contributed by atoms with Gasteiger partial charge in [0.05, 0.1) is 13.7 Å². The van der Waals surface area contributed by atoms with E-state index < -0.39 is 17.9 Å². The molecule has 0 bridgehead atoms. The van der Waals surface area contributed by atoms with Crippen molar-refractivity contribution in [2.75, 3.05) is 18.6 Å². The topological polar surface area (TPSA) is 72.9 Å². The van der Waals surface area contributed by atoms with E-state index in [1.165, 1.54) is 18.9 Å². The monoisotopic (exact) mass is 291 g/mol. The highest BCUT2D eigenvalue weighted by molar-refractivity contribution is 6.20. The molecule has 2 rings (SSSR count). The van der Waals surface area contributed by atoms with Crippen molar-refractivity contribution in [1.29, 1.82) is 0 Å². The van der Waals surface area contributed by atoms with Crippen molar-refractivity contribution < 1.29 is 23.9 Å². The molecule has 0 saturated carbocycles. The summed E-state index contributed by atoms with van der Waals surface area (Å²) in [5.41, 5.74) is 0.538. The minimum Gasteiger partial charge on any atom is -0.497 e. The molecule has 1 heterocycles. The molecule has 0 spiro atoms. The number of hydrogen-bond acceptors (Lipinski definition) is 5. The minimum absolute atomic E-state index is 0.199. The summed E-state index contributed by atoms with van der Waals surface area (Å²) in [4.78, 5) is 37.0. The third-order valence-corrected chi connectivity index (χ3v) is 3.41. The van der Waals surface area contributed by atoms with Crippen LogP contribution in [0.1, 0.15) is 13.8 Å². The van der Waals surface area contributed by atoms with Gasteiger partial charge in [-0.05, 0) is 38.1 Å². The molecule has 6 heteroatoms. The van der Waals surface area contributed by atoms with Crippen LogP contribution in [0.25, 0.3) is 0 Å². The maximum atomic E-state index is 12.1. The molecular formula is C15H17NO5. The fourth-order valence-corrected chi connectivity index (χ4v) is 2.38. The second-order valence-electron chi connectivity index (χ2n) is 4.69. The Labute approximate surface area is 122 Å². The smallest absolute Gasteiger partial charge is 0.330 e. The van der Waals surface area contributed by atoms with E-state index in [1.807, 2.05) is 0 Å². The maximum Gasteiger partial charge on any atom is 0.330 e. The van der Waals surface area contributed by atoms with Gasteiger partial charge < -0.3 is 9.47 Å². The third kappa shape index (κ3) is 2.61. The van der Waals surface area contributed by atoms with E-state index >= 15 is 0 Å². The summed E-state index contributed by atoms with van der Waals surface area (Å²) in [5.74, 6) is -1.59. The largest absolute Gasteiger partial charge is 0.497 e. The first-order chi connectivity index (χ1) is 10.0. The van der Waals surface area contributed by atoms with Crippen molar-refractivity contribution >= 4 is 23.3 Å². The van der Waals surface area contributed by atoms with Gasteiger partial charge in [-0.25, -0.2) is 4.79 Å². The molecule has 112 valence electrons. The number of carbonyl (C=O) groups excluding carboxylic acids is 3. The molecule has 1 aromatic carbocycles. The van der Waals surface area contributed by atoms with Crippen molar-refractivity contribution in [3.8, 4) is 5.75 Å². The number of β-lactam (4-membered cyclic amide) rings is 1. The normalized spacial score (nSPS) is 20.7. The van der Waals surface area contributed by atoms with Crippen LogP contribution >= 0.6 is 0 Å². The van der Waals surface area contributed by atoms with Crippen molar-refractivity contribution in [1.82, 2.24) is 0 Å². The first kappa shape index (κ1) is 15.0. The lowest BCUT2D eigenvalue weighted by Gasteiger charge is -2.44. The van der Waals surface area contributed by atoms with Gasteiger partial charge in [0.15, 0.2) is 6.04 Å². The van der Waals surface area contributed by atoms with E-state index in [2.05, 4.69) is 0 Å². The zero-order valence-corrected chi connectivity index (χ0v) is 12.2. The number of amides is 1. The van der Waals surface area contributed by atoms with Gasteiger partial charge in [-0.1, -0.05) is 0 Å². The molecule has 1 fully saturated rings. The predicted molar refractivity (Wildman–Crippen MR) is 75.1 cm³/mol. The number of ether oxygens (including phenoxy) is 2. The van der Waals surface area contributed by atoms with Crippen molar-refractivity contribution in [2.24, 2.45) is 5.92 Å². The second kappa shape index (κ2) is 5.95. The number of carbonyl (C=O) groups is 3. The average molecular weight is 291 g/mol. The Morgan fingerprint density at radius 3 is 2.33 bits per heavy atom. The standard InChI is InChI=1S/C15H17NO5/c1-4-21-15(19)13-12(9(2)17)14(18)16(13)10-5-7-11(20-3)8-6-10/h5-8,12-13H,4H2,1-3H3/t12-,13-/m1/s1. The number of rotatable bonds is 5. The fraction of sp³-hybridized carbons (Fsp3) is 0.400. The van der Waals surface area contributed by atoms with E-state index in [9.17, 15) is 14.4 Å². The van der Waals surface area contributed by atoms with E-state index in [1.54, 1.807) is 31.2 Å². The van der Waals surface area contributed by atoms with E-state index in [-0.39, 0.29) is 18.3 Å². The molecule has 0 unspecified atom stereocenters. The highest BCUT2D eigenvalue weighted by Crippen LogP contribution is 2.34. The van der Waals surface area contributed by atoms with Crippen LogP contribution in [0, 0.1) is 5.92 Å². The molecular weight excluding hydrogens is 274 g/mol. The van der Waals surface area contributed by atoms with Crippen molar-refractivity contribution in [3.63, 3.8) is 0 Å². The summed E-state index contributed by atoms with van der Waals surface area (Å²) < 4.78 is 10.0. The van der Waals surface area contributed by atoms with Crippen molar-refractivity contribution in [2.45, 2.75) is 19.9 Å². The van der Waals surface area contributed by atoms with E-state index in [4.69, 9.17) is 9.47 Å². The van der Waals surface area contributed by atoms with Gasteiger partial charge in [0.2, 0.25) is 5.91 Å². The lowest BCUT2D eigenvalue weighted by atomic mass is 9.83. The molecule has 0 aromatic heterocycles. The zero-order chi connectivity index (χ0) is 15.6. The van der Waals surface area contributed by atoms with E-state index in [0.29, 0.717) is 11.4 Å². The number of methoxy groups -OCH3 is 1. The lowest BCUT2D eigenvalue weighted by molar-refractivity contribution is -0.156. The summed E-state index contributed by atoms with van der Waals surface area (Å²) in [6, 6.07) is 5.82. The van der Waals surface area contributed by atoms with Crippen LogP contribution in [0.5, 0.6) is 5.75 Å². The summed E-state index contributed by atoms with van der Waals surface area (Å²) in [7, 11) is 1.54. The second-order valence-corrected chi connectivity index (χ2v) is 4.69. The molecule has 6 nitrogen and oxygen atoms in total. The number of nitrogens with zero attached hydrogens (tertiary/aromatic N) is 1. The Balaban J connectivity index is 2.29. The SMILES string of the molecule is CCOC(=O)[C@H]1[C@@H](C(C)=O)C(=O)N1c1ccc(OC)cc1. The summed E-state index contributed by atoms with van der Waals surface area (Å²) in [6.45, 7) is 3.18. The van der Waals surface area contributed by atoms with Crippen LogP contribution in [0.3, 0.4) is 0 Å². The van der Waals surface area contributed by atoms with Gasteiger partial charge in [0, 0.05) is 5.69 Å². The first-order valence-corrected chi connectivity index (χ1v) is 6.65. The quantitative estimate of drug-likeness (QED) is 0.463. The molecule has 1 aliphatic heterocycles. The number of benzene rings is 1. The highest BCUT2D eigenvalue weighted by Gasteiger charge is 2.55. The molecule has 0 radical (unpaired) electrons. The van der Waals surface area contributed by atoms with Gasteiger partial charge in [0.25, 0.3) is 0 Å². The van der Waals surface area contributed by atoms with Crippen LogP contribution < -0.4 is 9.64 Å². The van der Waals surface area contributed by atoms with Crippen LogP contribution in [0.15, 0.2) is 24.3 Å². The van der Waals surface area contributed by atoms with Gasteiger partial charge >= 0.3 is 5.97 Å². The molecule has 1 amide bonds. The zero-order valence-electron chi connectivity index (χ0n) is 12.2. The van der Waals surface area contributed by atoms with Gasteiger partial charge in [-0.2, -0.15) is 0 Å².